The number of tetrazole rings is 1. The number of rotatable bonds is 5. The highest BCUT2D eigenvalue weighted by Gasteiger charge is 2.71. The number of hydrogen-bond acceptors (Lipinski definition) is 8. The summed E-state index contributed by atoms with van der Waals surface area (Å²) >= 11 is 0. The fourth-order valence-electron chi connectivity index (χ4n) is 2.09. The van der Waals surface area contributed by atoms with Gasteiger partial charge in [0, 0.05) is 17.8 Å². The van der Waals surface area contributed by atoms with E-state index in [1.54, 1.807) is 6.07 Å². The van der Waals surface area contributed by atoms with E-state index >= 15 is 0 Å². The van der Waals surface area contributed by atoms with Crippen molar-refractivity contribution in [3.05, 3.63) is 45.9 Å². The van der Waals surface area contributed by atoms with Crippen molar-refractivity contribution in [2.45, 2.75) is 18.0 Å². The molecule has 0 aliphatic rings. The normalized spacial score (nSPS) is 13.1. The number of aliphatic hydroxyl groups is 1. The van der Waals surface area contributed by atoms with Crippen molar-refractivity contribution in [3.8, 4) is 6.07 Å². The molecule has 2 aromatic rings. The van der Waals surface area contributed by atoms with Crippen molar-refractivity contribution in [1.82, 2.24) is 20.6 Å². The van der Waals surface area contributed by atoms with Gasteiger partial charge in [-0.3, -0.25) is 10.1 Å². The molecule has 0 saturated heterocycles. The Bertz CT molecular complexity index is 964. The maximum Gasteiger partial charge on any atom is 0.430 e. The van der Waals surface area contributed by atoms with Crippen molar-refractivity contribution in [2.24, 2.45) is 0 Å². The van der Waals surface area contributed by atoms with Gasteiger partial charge in [0.2, 0.25) is 5.82 Å². The summed E-state index contributed by atoms with van der Waals surface area (Å²) in [6.45, 7) is 0. The summed E-state index contributed by atoms with van der Waals surface area (Å²) < 4.78 is 77.7. The van der Waals surface area contributed by atoms with Crippen molar-refractivity contribution in [2.75, 3.05) is 5.32 Å². The lowest BCUT2D eigenvalue weighted by molar-refractivity contribution is -0.386. The standard InChI is InChI=1S/C13H7F6N7O3/c14-12(15,16)11(27,13(17,18)19)7-1-2-8(9(3-7)26(28)29)21-5-6(4-20)10-22-24-25-23-10/h1-3,5,21,27H,(H,22,23,24,25). The van der Waals surface area contributed by atoms with Gasteiger partial charge in [-0.1, -0.05) is 6.07 Å². The molecule has 3 N–H and O–H groups in total. The first-order valence-electron chi connectivity index (χ1n) is 7.08. The lowest BCUT2D eigenvalue weighted by Gasteiger charge is -2.32. The molecule has 0 bridgehead atoms. The number of benzene rings is 1. The number of aromatic nitrogens is 4. The minimum atomic E-state index is -6.21. The van der Waals surface area contributed by atoms with Crippen molar-refractivity contribution < 1.29 is 36.4 Å². The maximum atomic E-state index is 13.0. The zero-order valence-corrected chi connectivity index (χ0v) is 13.6. The first-order valence-corrected chi connectivity index (χ1v) is 7.08. The Hall–Kier alpha value is -3.74. The van der Waals surface area contributed by atoms with Crippen LogP contribution in [0.15, 0.2) is 24.4 Å². The highest BCUT2D eigenvalue weighted by molar-refractivity contribution is 5.75. The van der Waals surface area contributed by atoms with Crippen LogP contribution in [0.1, 0.15) is 11.4 Å². The number of hydrogen-bond donors (Lipinski definition) is 3. The molecule has 10 nitrogen and oxygen atoms in total. The van der Waals surface area contributed by atoms with E-state index in [1.165, 1.54) is 0 Å². The Morgan fingerprint density at radius 1 is 1.28 bits per heavy atom. The Balaban J connectivity index is 2.54. The van der Waals surface area contributed by atoms with Crippen LogP contribution in [0.4, 0.5) is 37.7 Å². The van der Waals surface area contributed by atoms with Crippen LogP contribution in [0.2, 0.25) is 0 Å². The number of nitro benzene ring substituents is 1. The van der Waals surface area contributed by atoms with Crippen LogP contribution in [-0.2, 0) is 5.60 Å². The molecule has 2 rings (SSSR count). The van der Waals surface area contributed by atoms with Crippen molar-refractivity contribution in [3.63, 3.8) is 0 Å². The first kappa shape index (κ1) is 21.6. The van der Waals surface area contributed by atoms with Gasteiger partial charge >= 0.3 is 12.4 Å². The quantitative estimate of drug-likeness (QED) is 0.287. The molecule has 16 heteroatoms. The highest BCUT2D eigenvalue weighted by Crippen LogP contribution is 2.51. The predicted molar refractivity (Wildman–Crippen MR) is 80.5 cm³/mol. The fraction of sp³-hybridized carbons (Fsp3) is 0.231. The van der Waals surface area contributed by atoms with Gasteiger partial charge < -0.3 is 10.4 Å². The van der Waals surface area contributed by atoms with Crippen LogP contribution in [0.3, 0.4) is 0 Å². The SMILES string of the molecule is N#CC(=CNc1ccc(C(O)(C(F)(F)F)C(F)(F)F)cc1[N+](=O)[O-])c1nn[nH]n1. The third-order valence-corrected chi connectivity index (χ3v) is 3.51. The third-order valence-electron chi connectivity index (χ3n) is 3.51. The first-order chi connectivity index (χ1) is 13.3. The number of nitro groups is 1. The highest BCUT2D eigenvalue weighted by atomic mass is 19.4. The average Bonchev–Trinajstić information content (AvgIpc) is 3.14. The molecule has 0 aliphatic heterocycles. The molecule has 0 radical (unpaired) electrons. The van der Waals surface area contributed by atoms with Crippen LogP contribution in [-0.4, -0.2) is 43.0 Å². The molecule has 1 heterocycles. The van der Waals surface area contributed by atoms with E-state index in [4.69, 9.17) is 5.26 Å². The summed E-state index contributed by atoms with van der Waals surface area (Å²) in [7, 11) is 0. The van der Waals surface area contributed by atoms with Gasteiger partial charge in [-0.15, -0.1) is 10.2 Å². The summed E-state index contributed by atoms with van der Waals surface area (Å²) in [5.74, 6) is -0.234. The van der Waals surface area contributed by atoms with E-state index in [1.807, 2.05) is 5.21 Å². The molecule has 0 atom stereocenters. The fourth-order valence-corrected chi connectivity index (χ4v) is 2.09. The minimum absolute atomic E-state index is 0.0719. The summed E-state index contributed by atoms with van der Waals surface area (Å²) in [6, 6.07) is 2.26. The molecule has 1 aromatic heterocycles. The molecule has 154 valence electrons. The van der Waals surface area contributed by atoms with Gasteiger partial charge in [-0.2, -0.15) is 36.8 Å². The molecule has 0 aliphatic carbocycles. The number of H-pyrrole nitrogens is 1. The molecule has 0 saturated carbocycles. The Kier molecular flexibility index (Phi) is 5.46. The van der Waals surface area contributed by atoms with Gasteiger partial charge in [-0.25, -0.2) is 0 Å². The molecule has 0 unspecified atom stereocenters. The lowest BCUT2D eigenvalue weighted by atomic mass is 9.91. The van der Waals surface area contributed by atoms with Crippen LogP contribution >= 0.6 is 0 Å². The number of halogens is 6. The minimum Gasteiger partial charge on any atom is -0.369 e. The Morgan fingerprint density at radius 3 is 2.34 bits per heavy atom. The third kappa shape index (κ3) is 3.94. The summed E-state index contributed by atoms with van der Waals surface area (Å²) in [6.07, 6.45) is -11.6. The number of aromatic amines is 1. The number of allylic oxidation sites excluding steroid dienone is 1. The summed E-state index contributed by atoms with van der Waals surface area (Å²) in [5.41, 5.74) is -9.24. The second-order valence-electron chi connectivity index (χ2n) is 5.24. The van der Waals surface area contributed by atoms with Crippen molar-refractivity contribution >= 4 is 16.9 Å². The molecule has 1 aromatic carbocycles. The zero-order chi connectivity index (χ0) is 22.0. The maximum absolute atomic E-state index is 13.0. The smallest absolute Gasteiger partial charge is 0.369 e. The monoisotopic (exact) mass is 423 g/mol. The molecule has 0 amide bonds. The van der Waals surface area contributed by atoms with E-state index in [0.717, 1.165) is 6.20 Å². The predicted octanol–water partition coefficient (Wildman–Crippen LogP) is 2.40. The van der Waals surface area contributed by atoms with Crippen LogP contribution < -0.4 is 5.32 Å². The van der Waals surface area contributed by atoms with Gasteiger partial charge in [0.05, 0.1) is 4.92 Å². The average molecular weight is 423 g/mol. The molecular formula is C13H7F6N7O3. The zero-order valence-electron chi connectivity index (χ0n) is 13.6. The number of nitrogens with one attached hydrogen (secondary N) is 2. The lowest BCUT2D eigenvalue weighted by Crippen LogP contribution is -2.53. The van der Waals surface area contributed by atoms with Crippen LogP contribution in [0.5, 0.6) is 0 Å². The van der Waals surface area contributed by atoms with E-state index in [-0.39, 0.29) is 23.5 Å². The van der Waals surface area contributed by atoms with E-state index in [2.05, 4.69) is 20.7 Å². The van der Waals surface area contributed by atoms with Crippen LogP contribution in [0.25, 0.3) is 5.57 Å². The van der Waals surface area contributed by atoms with E-state index in [9.17, 15) is 41.6 Å². The van der Waals surface area contributed by atoms with Gasteiger partial charge in [-0.05, 0) is 11.3 Å². The Labute approximate surface area is 155 Å². The second-order valence-corrected chi connectivity index (χ2v) is 5.24. The largest absolute Gasteiger partial charge is 0.430 e. The molecule has 0 spiro atoms. The molecule has 29 heavy (non-hydrogen) atoms. The number of nitriles is 1. The topological polar surface area (TPSA) is 154 Å². The van der Waals surface area contributed by atoms with E-state index in [0.29, 0.717) is 6.07 Å². The van der Waals surface area contributed by atoms with Gasteiger partial charge in [0.15, 0.2) is 0 Å². The van der Waals surface area contributed by atoms with Gasteiger partial charge in [0.25, 0.3) is 11.3 Å². The molecule has 0 fully saturated rings. The van der Waals surface area contributed by atoms with Crippen LogP contribution in [0, 0.1) is 21.4 Å². The number of nitrogens with zero attached hydrogens (tertiary/aromatic N) is 5. The van der Waals surface area contributed by atoms with Gasteiger partial charge in [0.1, 0.15) is 17.3 Å². The second kappa shape index (κ2) is 7.35. The van der Waals surface area contributed by atoms with E-state index < -0.39 is 39.8 Å². The Morgan fingerprint density at radius 2 is 1.90 bits per heavy atom. The number of anilines is 1. The molecular weight excluding hydrogens is 416 g/mol. The summed E-state index contributed by atoms with van der Waals surface area (Å²) in [4.78, 5) is 9.87. The van der Waals surface area contributed by atoms with Crippen molar-refractivity contribution in [1.29, 1.82) is 5.26 Å². The summed E-state index contributed by atoms with van der Waals surface area (Å²) in [5, 5.41) is 43.8. The number of alkyl halides is 6.